The summed E-state index contributed by atoms with van der Waals surface area (Å²) < 4.78 is 0. The minimum Gasteiger partial charge on any atom is -0.355 e. The van der Waals surface area contributed by atoms with Crippen LogP contribution in [0.25, 0.3) is 0 Å². The number of aromatic amines is 1. The number of amides is 3. The van der Waals surface area contributed by atoms with Gasteiger partial charge >= 0.3 is 6.03 Å². The van der Waals surface area contributed by atoms with Crippen LogP contribution in [-0.4, -0.2) is 40.1 Å². The third-order valence-electron chi connectivity index (χ3n) is 3.79. The van der Waals surface area contributed by atoms with Crippen LogP contribution in [0.2, 0.25) is 0 Å². The lowest BCUT2D eigenvalue weighted by molar-refractivity contribution is 0.0963. The third-order valence-corrected chi connectivity index (χ3v) is 3.79. The van der Waals surface area contributed by atoms with Crippen molar-refractivity contribution in [1.82, 2.24) is 20.4 Å². The second kappa shape index (κ2) is 6.51. The van der Waals surface area contributed by atoms with Crippen LogP contribution in [0, 0.1) is 0 Å². The summed E-state index contributed by atoms with van der Waals surface area (Å²) in [5.41, 5.74) is 2.25. The predicted molar refractivity (Wildman–Crippen MR) is 86.0 cm³/mol. The zero-order chi connectivity index (χ0) is 16.2. The molecule has 1 aromatic carbocycles. The molecule has 120 valence electrons. The molecule has 1 fully saturated rings. The van der Waals surface area contributed by atoms with E-state index in [1.165, 1.54) is 0 Å². The SMILES string of the molecule is CNC(=O)c1ccc(CN(C(=O)Nc2cn[nH]c2)C2CC2)cc1. The number of H-pyrrole nitrogens is 1. The Hall–Kier alpha value is -2.83. The highest BCUT2D eigenvalue weighted by Crippen LogP contribution is 2.29. The first-order valence-electron chi connectivity index (χ1n) is 7.55. The van der Waals surface area contributed by atoms with Crippen LogP contribution in [0.3, 0.4) is 0 Å². The largest absolute Gasteiger partial charge is 0.355 e. The van der Waals surface area contributed by atoms with Crippen molar-refractivity contribution in [2.24, 2.45) is 0 Å². The molecule has 3 amide bonds. The highest BCUT2D eigenvalue weighted by Gasteiger charge is 2.32. The Morgan fingerprint density at radius 2 is 2.04 bits per heavy atom. The van der Waals surface area contributed by atoms with Gasteiger partial charge in [-0.15, -0.1) is 0 Å². The summed E-state index contributed by atoms with van der Waals surface area (Å²) in [5.74, 6) is -0.117. The molecule has 3 N–H and O–H groups in total. The van der Waals surface area contributed by atoms with Gasteiger partial charge in [-0.2, -0.15) is 5.10 Å². The Morgan fingerprint density at radius 3 is 2.61 bits per heavy atom. The van der Waals surface area contributed by atoms with E-state index in [2.05, 4.69) is 20.8 Å². The van der Waals surface area contributed by atoms with Gasteiger partial charge in [0.1, 0.15) is 0 Å². The lowest BCUT2D eigenvalue weighted by Crippen LogP contribution is -2.36. The van der Waals surface area contributed by atoms with Gasteiger partial charge in [0.25, 0.3) is 5.91 Å². The highest BCUT2D eigenvalue weighted by molar-refractivity contribution is 5.94. The molecule has 0 spiro atoms. The number of hydrogen-bond acceptors (Lipinski definition) is 3. The molecule has 0 aliphatic heterocycles. The number of anilines is 1. The smallest absolute Gasteiger partial charge is 0.322 e. The molecule has 0 bridgehead atoms. The van der Waals surface area contributed by atoms with E-state index >= 15 is 0 Å². The highest BCUT2D eigenvalue weighted by atomic mass is 16.2. The van der Waals surface area contributed by atoms with Crippen molar-refractivity contribution in [2.75, 3.05) is 12.4 Å². The molecule has 0 saturated heterocycles. The van der Waals surface area contributed by atoms with Gasteiger partial charge in [-0.3, -0.25) is 9.89 Å². The summed E-state index contributed by atoms with van der Waals surface area (Å²) in [7, 11) is 1.60. The molecule has 1 heterocycles. The summed E-state index contributed by atoms with van der Waals surface area (Å²) in [6.07, 6.45) is 5.26. The Kier molecular flexibility index (Phi) is 4.27. The third kappa shape index (κ3) is 3.68. The number of carbonyl (C=O) groups excluding carboxylic acids is 2. The minimum atomic E-state index is -0.135. The summed E-state index contributed by atoms with van der Waals surface area (Å²) in [6, 6.07) is 7.45. The topological polar surface area (TPSA) is 90.1 Å². The van der Waals surface area contributed by atoms with Crippen LogP contribution in [0.4, 0.5) is 10.5 Å². The average Bonchev–Trinajstić information content (AvgIpc) is 3.29. The van der Waals surface area contributed by atoms with Gasteiger partial charge in [0.2, 0.25) is 0 Å². The van der Waals surface area contributed by atoms with E-state index < -0.39 is 0 Å². The first-order valence-corrected chi connectivity index (χ1v) is 7.55. The van der Waals surface area contributed by atoms with Gasteiger partial charge in [0, 0.05) is 31.4 Å². The fourth-order valence-corrected chi connectivity index (χ4v) is 2.37. The standard InChI is InChI=1S/C16H19N5O2/c1-17-15(22)12-4-2-11(3-5-12)10-21(14-6-7-14)16(23)20-13-8-18-19-9-13/h2-5,8-9,14H,6-7,10H2,1H3,(H,17,22)(H,18,19)(H,20,23). The zero-order valence-corrected chi connectivity index (χ0v) is 12.9. The Labute approximate surface area is 134 Å². The molecular formula is C16H19N5O2. The summed E-state index contributed by atoms with van der Waals surface area (Å²) in [5, 5.41) is 11.9. The molecule has 7 nitrogen and oxygen atoms in total. The number of rotatable bonds is 5. The van der Waals surface area contributed by atoms with Gasteiger partial charge in [-0.05, 0) is 30.5 Å². The molecule has 0 atom stereocenters. The van der Waals surface area contributed by atoms with Gasteiger partial charge in [0.05, 0.1) is 11.9 Å². The monoisotopic (exact) mass is 313 g/mol. The summed E-state index contributed by atoms with van der Waals surface area (Å²) in [6.45, 7) is 0.516. The zero-order valence-electron chi connectivity index (χ0n) is 12.9. The van der Waals surface area contributed by atoms with Gasteiger partial charge in [-0.25, -0.2) is 4.79 Å². The van der Waals surface area contributed by atoms with Crippen molar-refractivity contribution >= 4 is 17.6 Å². The molecule has 1 aromatic heterocycles. The summed E-state index contributed by atoms with van der Waals surface area (Å²) >= 11 is 0. The molecule has 1 saturated carbocycles. The molecule has 3 rings (SSSR count). The molecule has 1 aliphatic rings. The Morgan fingerprint density at radius 1 is 1.30 bits per heavy atom. The predicted octanol–water partition coefficient (Wildman–Crippen LogP) is 1.97. The van der Waals surface area contributed by atoms with E-state index in [0.717, 1.165) is 18.4 Å². The van der Waals surface area contributed by atoms with Crippen LogP contribution in [-0.2, 0) is 6.54 Å². The van der Waals surface area contributed by atoms with Crippen LogP contribution < -0.4 is 10.6 Å². The maximum atomic E-state index is 12.4. The van der Waals surface area contributed by atoms with E-state index in [9.17, 15) is 9.59 Å². The van der Waals surface area contributed by atoms with Crippen molar-refractivity contribution in [3.63, 3.8) is 0 Å². The maximum Gasteiger partial charge on any atom is 0.322 e. The number of urea groups is 1. The number of benzene rings is 1. The maximum absolute atomic E-state index is 12.4. The van der Waals surface area contributed by atoms with Crippen LogP contribution in [0.15, 0.2) is 36.7 Å². The number of hydrogen-bond donors (Lipinski definition) is 3. The van der Waals surface area contributed by atoms with E-state index in [0.29, 0.717) is 17.8 Å². The lowest BCUT2D eigenvalue weighted by Gasteiger charge is -2.22. The second-order valence-corrected chi connectivity index (χ2v) is 5.55. The van der Waals surface area contributed by atoms with Gasteiger partial charge in [-0.1, -0.05) is 12.1 Å². The van der Waals surface area contributed by atoms with Crippen molar-refractivity contribution in [3.05, 3.63) is 47.8 Å². The number of nitrogens with one attached hydrogen (secondary N) is 3. The molecule has 2 aromatic rings. The first-order chi connectivity index (χ1) is 11.2. The number of nitrogens with zero attached hydrogens (tertiary/aromatic N) is 2. The van der Waals surface area contributed by atoms with Crippen LogP contribution in [0.1, 0.15) is 28.8 Å². The molecule has 23 heavy (non-hydrogen) atoms. The molecule has 0 unspecified atom stereocenters. The fourth-order valence-electron chi connectivity index (χ4n) is 2.37. The Balaban J connectivity index is 1.67. The van der Waals surface area contributed by atoms with Crippen LogP contribution >= 0.6 is 0 Å². The quantitative estimate of drug-likeness (QED) is 0.788. The van der Waals surface area contributed by atoms with E-state index in [-0.39, 0.29) is 18.0 Å². The van der Waals surface area contributed by atoms with E-state index in [1.807, 2.05) is 17.0 Å². The minimum absolute atomic E-state index is 0.117. The normalized spacial score (nSPS) is 13.4. The van der Waals surface area contributed by atoms with Crippen LogP contribution in [0.5, 0.6) is 0 Å². The van der Waals surface area contributed by atoms with E-state index in [4.69, 9.17) is 0 Å². The molecule has 0 radical (unpaired) electrons. The average molecular weight is 313 g/mol. The van der Waals surface area contributed by atoms with Crippen molar-refractivity contribution < 1.29 is 9.59 Å². The first kappa shape index (κ1) is 15.1. The number of carbonyl (C=O) groups is 2. The molecule has 7 heteroatoms. The van der Waals surface area contributed by atoms with Crippen molar-refractivity contribution in [2.45, 2.75) is 25.4 Å². The fraction of sp³-hybridized carbons (Fsp3) is 0.312. The lowest BCUT2D eigenvalue weighted by atomic mass is 10.1. The molecular weight excluding hydrogens is 294 g/mol. The number of aromatic nitrogens is 2. The van der Waals surface area contributed by atoms with Gasteiger partial charge in [0.15, 0.2) is 0 Å². The van der Waals surface area contributed by atoms with Crippen molar-refractivity contribution in [3.8, 4) is 0 Å². The second-order valence-electron chi connectivity index (χ2n) is 5.55. The van der Waals surface area contributed by atoms with E-state index in [1.54, 1.807) is 31.6 Å². The Bertz CT molecular complexity index is 677. The van der Waals surface area contributed by atoms with Gasteiger partial charge < -0.3 is 15.5 Å². The molecule has 1 aliphatic carbocycles. The van der Waals surface area contributed by atoms with Crippen molar-refractivity contribution in [1.29, 1.82) is 0 Å². The summed E-state index contributed by atoms with van der Waals surface area (Å²) in [4.78, 5) is 25.8.